The fourth-order valence-electron chi connectivity index (χ4n) is 2.25. The molecule has 1 aromatic rings. The monoisotopic (exact) mass is 279 g/mol. The van der Waals surface area contributed by atoms with Gasteiger partial charge in [0.05, 0.1) is 5.69 Å². The minimum absolute atomic E-state index is 0.0111. The lowest BCUT2D eigenvalue weighted by molar-refractivity contribution is -0.0293. The summed E-state index contributed by atoms with van der Waals surface area (Å²) in [5.41, 5.74) is 0.635. The van der Waals surface area contributed by atoms with Gasteiger partial charge in [-0.05, 0) is 19.8 Å². The summed E-state index contributed by atoms with van der Waals surface area (Å²) >= 11 is 0. The third-order valence-corrected chi connectivity index (χ3v) is 3.79. The van der Waals surface area contributed by atoms with Gasteiger partial charge in [-0.25, -0.2) is 9.97 Å². The van der Waals surface area contributed by atoms with E-state index in [1.807, 2.05) is 6.07 Å². The van der Waals surface area contributed by atoms with Gasteiger partial charge in [-0.1, -0.05) is 34.6 Å². The highest BCUT2D eigenvalue weighted by molar-refractivity contribution is 5.38. The second kappa shape index (κ2) is 6.53. The van der Waals surface area contributed by atoms with E-state index in [4.69, 9.17) is 9.72 Å². The van der Waals surface area contributed by atoms with Crippen molar-refractivity contribution in [1.82, 2.24) is 9.97 Å². The summed E-state index contributed by atoms with van der Waals surface area (Å²) in [6.07, 6.45) is 1.72. The van der Waals surface area contributed by atoms with E-state index in [-0.39, 0.29) is 5.41 Å². The predicted octanol–water partition coefficient (Wildman–Crippen LogP) is 3.87. The van der Waals surface area contributed by atoms with Crippen LogP contribution in [0.1, 0.15) is 65.9 Å². The molecule has 0 amide bonds. The maximum absolute atomic E-state index is 5.77. The van der Waals surface area contributed by atoms with Crippen molar-refractivity contribution < 1.29 is 4.74 Å². The van der Waals surface area contributed by atoms with Crippen LogP contribution in [-0.4, -0.2) is 23.6 Å². The Morgan fingerprint density at radius 2 is 1.70 bits per heavy atom. The number of nitrogens with zero attached hydrogens (tertiary/aromatic N) is 2. The van der Waals surface area contributed by atoms with Gasteiger partial charge in [0.25, 0.3) is 0 Å². The van der Waals surface area contributed by atoms with E-state index in [0.717, 1.165) is 36.7 Å². The number of hydrogen-bond acceptors (Lipinski definition) is 4. The molecule has 1 heterocycles. The molecule has 0 radical (unpaired) electrons. The Morgan fingerprint density at radius 1 is 1.10 bits per heavy atom. The van der Waals surface area contributed by atoms with E-state index in [9.17, 15) is 0 Å². The van der Waals surface area contributed by atoms with Gasteiger partial charge >= 0.3 is 0 Å². The molecule has 1 aromatic heterocycles. The quantitative estimate of drug-likeness (QED) is 0.858. The van der Waals surface area contributed by atoms with Crippen molar-refractivity contribution >= 4 is 5.82 Å². The Morgan fingerprint density at radius 3 is 2.10 bits per heavy atom. The molecule has 0 spiro atoms. The van der Waals surface area contributed by atoms with Crippen molar-refractivity contribution in [1.29, 1.82) is 0 Å². The SMILES string of the molecule is CCNc1cc(C(C)(C)C)nc(C(CC)(CC)OC)n1. The Kier molecular flexibility index (Phi) is 5.51. The number of aromatic nitrogens is 2. The zero-order chi connectivity index (χ0) is 15.4. The maximum atomic E-state index is 5.77. The average molecular weight is 279 g/mol. The summed E-state index contributed by atoms with van der Waals surface area (Å²) in [6, 6.07) is 2.04. The number of methoxy groups -OCH3 is 1. The smallest absolute Gasteiger partial charge is 0.162 e. The summed E-state index contributed by atoms with van der Waals surface area (Å²) in [7, 11) is 1.74. The van der Waals surface area contributed by atoms with Gasteiger partial charge in [0.1, 0.15) is 11.4 Å². The summed E-state index contributed by atoms with van der Waals surface area (Å²) < 4.78 is 5.77. The van der Waals surface area contributed by atoms with Crippen LogP contribution in [0.15, 0.2) is 6.07 Å². The first-order valence-electron chi connectivity index (χ1n) is 7.52. The molecule has 4 heteroatoms. The van der Waals surface area contributed by atoms with Gasteiger partial charge in [-0.15, -0.1) is 0 Å². The van der Waals surface area contributed by atoms with Crippen LogP contribution in [0.25, 0.3) is 0 Å². The third kappa shape index (κ3) is 3.48. The molecule has 0 aliphatic rings. The van der Waals surface area contributed by atoms with Gasteiger partial charge < -0.3 is 10.1 Å². The molecule has 1 N–H and O–H groups in total. The lowest BCUT2D eigenvalue weighted by Crippen LogP contribution is -2.31. The van der Waals surface area contributed by atoms with Crippen molar-refractivity contribution in [3.63, 3.8) is 0 Å². The number of ether oxygens (including phenoxy) is 1. The Bertz CT molecular complexity index is 426. The standard InChI is InChI=1S/C16H29N3O/c1-8-16(9-2,20-7)14-18-12(15(4,5)6)11-13(19-14)17-10-3/h11H,8-10H2,1-7H3,(H,17,18,19). The molecular weight excluding hydrogens is 250 g/mol. The van der Waals surface area contributed by atoms with Gasteiger partial charge in [0.15, 0.2) is 5.82 Å². The summed E-state index contributed by atoms with van der Waals surface area (Å²) in [5.74, 6) is 1.67. The van der Waals surface area contributed by atoms with Crippen LogP contribution in [-0.2, 0) is 15.8 Å². The lowest BCUT2D eigenvalue weighted by Gasteiger charge is -2.30. The molecule has 0 aromatic carbocycles. The molecule has 0 fully saturated rings. The zero-order valence-electron chi connectivity index (χ0n) is 14.0. The first-order chi connectivity index (χ1) is 9.32. The fourth-order valence-corrected chi connectivity index (χ4v) is 2.25. The molecule has 0 aliphatic carbocycles. The molecule has 1 rings (SSSR count). The van der Waals surface area contributed by atoms with Gasteiger partial charge in [-0.2, -0.15) is 0 Å². The van der Waals surface area contributed by atoms with Gasteiger partial charge in [-0.3, -0.25) is 0 Å². The Balaban J connectivity index is 3.41. The highest BCUT2D eigenvalue weighted by Crippen LogP contribution is 2.32. The molecular formula is C16H29N3O. The second-order valence-corrected chi connectivity index (χ2v) is 6.15. The number of hydrogen-bond donors (Lipinski definition) is 1. The Hall–Kier alpha value is -1.16. The molecule has 114 valence electrons. The number of nitrogens with one attached hydrogen (secondary N) is 1. The van der Waals surface area contributed by atoms with Crippen molar-refractivity contribution in [2.45, 2.75) is 65.4 Å². The normalized spacial score (nSPS) is 12.6. The molecule has 20 heavy (non-hydrogen) atoms. The van der Waals surface area contributed by atoms with Crippen molar-refractivity contribution in [3.8, 4) is 0 Å². The molecule has 0 atom stereocenters. The van der Waals surface area contributed by atoms with E-state index in [2.05, 4.69) is 51.8 Å². The minimum atomic E-state index is -0.397. The lowest BCUT2D eigenvalue weighted by atomic mass is 9.90. The van der Waals surface area contributed by atoms with Crippen LogP contribution in [0.3, 0.4) is 0 Å². The van der Waals surface area contributed by atoms with Gasteiger partial charge in [0, 0.05) is 25.1 Å². The van der Waals surface area contributed by atoms with Crippen LogP contribution < -0.4 is 5.32 Å². The third-order valence-electron chi connectivity index (χ3n) is 3.79. The van der Waals surface area contributed by atoms with Crippen LogP contribution in [0.4, 0.5) is 5.82 Å². The molecule has 0 saturated carbocycles. The predicted molar refractivity (Wildman–Crippen MR) is 84.2 cm³/mol. The van der Waals surface area contributed by atoms with Crippen LogP contribution in [0.5, 0.6) is 0 Å². The van der Waals surface area contributed by atoms with Gasteiger partial charge in [0.2, 0.25) is 0 Å². The van der Waals surface area contributed by atoms with Crippen molar-refractivity contribution in [3.05, 3.63) is 17.6 Å². The first kappa shape index (κ1) is 16.9. The molecule has 4 nitrogen and oxygen atoms in total. The highest BCUT2D eigenvalue weighted by Gasteiger charge is 2.33. The number of anilines is 1. The van der Waals surface area contributed by atoms with Crippen LogP contribution >= 0.6 is 0 Å². The molecule has 0 bridgehead atoms. The average Bonchev–Trinajstić information content (AvgIpc) is 2.41. The summed E-state index contributed by atoms with van der Waals surface area (Å²) in [5, 5.41) is 3.30. The summed E-state index contributed by atoms with van der Waals surface area (Å²) in [6.45, 7) is 13.7. The van der Waals surface area contributed by atoms with Crippen LogP contribution in [0.2, 0.25) is 0 Å². The van der Waals surface area contributed by atoms with Crippen LogP contribution in [0, 0.1) is 0 Å². The minimum Gasteiger partial charge on any atom is -0.370 e. The zero-order valence-corrected chi connectivity index (χ0v) is 14.0. The van der Waals surface area contributed by atoms with E-state index in [1.165, 1.54) is 0 Å². The number of rotatable bonds is 6. The Labute approximate surface area is 123 Å². The largest absolute Gasteiger partial charge is 0.370 e. The highest BCUT2D eigenvalue weighted by atomic mass is 16.5. The summed E-state index contributed by atoms with van der Waals surface area (Å²) in [4.78, 5) is 9.47. The maximum Gasteiger partial charge on any atom is 0.162 e. The van der Waals surface area contributed by atoms with E-state index < -0.39 is 5.60 Å². The molecule has 0 unspecified atom stereocenters. The van der Waals surface area contributed by atoms with E-state index >= 15 is 0 Å². The van der Waals surface area contributed by atoms with E-state index in [0.29, 0.717) is 0 Å². The van der Waals surface area contributed by atoms with Crippen molar-refractivity contribution in [2.75, 3.05) is 19.0 Å². The fraction of sp³-hybridized carbons (Fsp3) is 0.750. The topological polar surface area (TPSA) is 47.0 Å². The molecule has 0 saturated heterocycles. The van der Waals surface area contributed by atoms with Crippen molar-refractivity contribution in [2.24, 2.45) is 0 Å². The molecule has 0 aliphatic heterocycles. The second-order valence-electron chi connectivity index (χ2n) is 6.15. The van der Waals surface area contributed by atoms with E-state index in [1.54, 1.807) is 7.11 Å². The first-order valence-corrected chi connectivity index (χ1v) is 7.52.